The van der Waals surface area contributed by atoms with Gasteiger partial charge in [-0.2, -0.15) is 0 Å². The summed E-state index contributed by atoms with van der Waals surface area (Å²) in [5.74, 6) is 0.989. The third-order valence-electron chi connectivity index (χ3n) is 1.89. The molecule has 1 aliphatic rings. The predicted molar refractivity (Wildman–Crippen MR) is 44.2 cm³/mol. The van der Waals surface area contributed by atoms with E-state index in [1.54, 1.807) is 11.8 Å². The van der Waals surface area contributed by atoms with Crippen LogP contribution in [-0.2, 0) is 0 Å². The Morgan fingerprint density at radius 3 is 2.50 bits per heavy atom. The Balaban J connectivity index is 2.45. The van der Waals surface area contributed by atoms with Gasteiger partial charge in [-0.1, -0.05) is 0 Å². The first-order chi connectivity index (χ1) is 4.79. The van der Waals surface area contributed by atoms with Crippen molar-refractivity contribution in [1.82, 2.24) is 10.6 Å². The maximum atomic E-state index is 9.35. The molecule has 3 atom stereocenters. The Kier molecular flexibility index (Phi) is 2.97. The van der Waals surface area contributed by atoms with Crippen molar-refractivity contribution in [1.29, 1.82) is 0 Å². The van der Waals surface area contributed by atoms with Gasteiger partial charge in [0.2, 0.25) is 0 Å². The minimum absolute atomic E-state index is 0.204. The SMILES string of the molecule is CNC1CSC(O)C1NC. The number of nitrogens with one attached hydrogen (secondary N) is 2. The number of rotatable bonds is 2. The maximum Gasteiger partial charge on any atom is 0.116 e. The molecule has 3 N–H and O–H groups in total. The second kappa shape index (κ2) is 3.57. The first kappa shape index (κ1) is 8.33. The fourth-order valence-corrected chi connectivity index (χ4v) is 2.53. The molecule has 0 aliphatic carbocycles. The van der Waals surface area contributed by atoms with Gasteiger partial charge in [0.05, 0.1) is 6.04 Å². The molecular formula is C6H14N2OS. The third-order valence-corrected chi connectivity index (χ3v) is 3.08. The molecule has 0 saturated carbocycles. The molecule has 1 heterocycles. The lowest BCUT2D eigenvalue weighted by Gasteiger charge is -2.19. The summed E-state index contributed by atoms with van der Waals surface area (Å²) >= 11 is 1.59. The van der Waals surface area contributed by atoms with Gasteiger partial charge in [0.25, 0.3) is 0 Å². The zero-order chi connectivity index (χ0) is 7.56. The Labute approximate surface area is 65.6 Å². The molecule has 10 heavy (non-hydrogen) atoms. The summed E-state index contributed by atoms with van der Waals surface area (Å²) in [5, 5.41) is 15.6. The normalized spacial score (nSPS) is 40.5. The molecule has 0 amide bonds. The van der Waals surface area contributed by atoms with E-state index in [1.165, 1.54) is 0 Å². The van der Waals surface area contributed by atoms with E-state index in [0.29, 0.717) is 6.04 Å². The largest absolute Gasteiger partial charge is 0.381 e. The molecule has 0 spiro atoms. The summed E-state index contributed by atoms with van der Waals surface area (Å²) in [6.07, 6.45) is 0. The van der Waals surface area contributed by atoms with Gasteiger partial charge in [0.15, 0.2) is 0 Å². The van der Waals surface area contributed by atoms with Gasteiger partial charge in [-0.25, -0.2) is 0 Å². The van der Waals surface area contributed by atoms with Crippen LogP contribution < -0.4 is 10.6 Å². The molecule has 3 nitrogen and oxygen atoms in total. The molecule has 1 saturated heterocycles. The van der Waals surface area contributed by atoms with Crippen molar-refractivity contribution in [2.75, 3.05) is 19.8 Å². The maximum absolute atomic E-state index is 9.35. The van der Waals surface area contributed by atoms with Crippen LogP contribution in [0.25, 0.3) is 0 Å². The van der Waals surface area contributed by atoms with Gasteiger partial charge in [0.1, 0.15) is 5.44 Å². The second-order valence-corrected chi connectivity index (χ2v) is 3.58. The summed E-state index contributed by atoms with van der Waals surface area (Å²) in [6.45, 7) is 0. The predicted octanol–water partition coefficient (Wildman–Crippen LogP) is -0.772. The van der Waals surface area contributed by atoms with Gasteiger partial charge < -0.3 is 15.7 Å². The number of likely N-dealkylation sites (N-methyl/N-ethyl adjacent to an activating group) is 2. The Bertz CT molecular complexity index is 112. The molecule has 0 aromatic rings. The standard InChI is InChI=1S/C6H14N2OS/c1-7-4-3-10-6(9)5(4)8-2/h4-9H,3H2,1-2H3. The van der Waals surface area contributed by atoms with Gasteiger partial charge in [-0.15, -0.1) is 11.8 Å². The van der Waals surface area contributed by atoms with E-state index in [0.717, 1.165) is 5.75 Å². The minimum Gasteiger partial charge on any atom is -0.381 e. The third kappa shape index (κ3) is 1.45. The van der Waals surface area contributed by atoms with E-state index in [-0.39, 0.29) is 11.5 Å². The molecule has 4 heteroatoms. The van der Waals surface area contributed by atoms with E-state index < -0.39 is 0 Å². The van der Waals surface area contributed by atoms with Crippen molar-refractivity contribution in [3.05, 3.63) is 0 Å². The fourth-order valence-electron chi connectivity index (χ4n) is 1.21. The van der Waals surface area contributed by atoms with Gasteiger partial charge in [-0.05, 0) is 14.1 Å². The monoisotopic (exact) mass is 162 g/mol. The summed E-state index contributed by atoms with van der Waals surface area (Å²) in [7, 11) is 3.80. The summed E-state index contributed by atoms with van der Waals surface area (Å²) in [4.78, 5) is 0. The number of aliphatic hydroxyl groups is 1. The van der Waals surface area contributed by atoms with Crippen molar-refractivity contribution < 1.29 is 5.11 Å². The number of aliphatic hydroxyl groups excluding tert-OH is 1. The Morgan fingerprint density at radius 2 is 2.10 bits per heavy atom. The summed E-state index contributed by atoms with van der Waals surface area (Å²) < 4.78 is 0. The van der Waals surface area contributed by atoms with Gasteiger partial charge in [0, 0.05) is 11.8 Å². The van der Waals surface area contributed by atoms with Crippen molar-refractivity contribution in [2.24, 2.45) is 0 Å². The summed E-state index contributed by atoms with van der Waals surface area (Å²) in [5.41, 5.74) is -0.248. The van der Waals surface area contributed by atoms with Crippen LogP contribution in [0.2, 0.25) is 0 Å². The zero-order valence-electron chi connectivity index (χ0n) is 6.29. The topological polar surface area (TPSA) is 44.3 Å². The molecule has 3 unspecified atom stereocenters. The molecule has 0 aromatic heterocycles. The summed E-state index contributed by atoms with van der Waals surface area (Å²) in [6, 6.07) is 0.611. The van der Waals surface area contributed by atoms with Crippen molar-refractivity contribution >= 4 is 11.8 Å². The highest BCUT2D eigenvalue weighted by atomic mass is 32.2. The smallest absolute Gasteiger partial charge is 0.116 e. The first-order valence-corrected chi connectivity index (χ1v) is 4.48. The average molecular weight is 162 g/mol. The number of hydrogen-bond acceptors (Lipinski definition) is 4. The van der Waals surface area contributed by atoms with E-state index >= 15 is 0 Å². The molecule has 1 rings (SSSR count). The van der Waals surface area contributed by atoms with Crippen LogP contribution in [0.15, 0.2) is 0 Å². The van der Waals surface area contributed by atoms with Crippen LogP contribution in [-0.4, -0.2) is 42.5 Å². The van der Waals surface area contributed by atoms with Crippen LogP contribution in [0, 0.1) is 0 Å². The van der Waals surface area contributed by atoms with Crippen LogP contribution >= 0.6 is 11.8 Å². The Morgan fingerprint density at radius 1 is 1.40 bits per heavy atom. The first-order valence-electron chi connectivity index (χ1n) is 3.43. The molecule has 60 valence electrons. The minimum atomic E-state index is -0.248. The van der Waals surface area contributed by atoms with Crippen LogP contribution in [0.4, 0.5) is 0 Å². The Hall–Kier alpha value is 0.230. The molecule has 0 aromatic carbocycles. The highest BCUT2D eigenvalue weighted by Gasteiger charge is 2.32. The zero-order valence-corrected chi connectivity index (χ0v) is 7.11. The molecular weight excluding hydrogens is 148 g/mol. The van der Waals surface area contributed by atoms with E-state index in [9.17, 15) is 5.11 Å². The van der Waals surface area contributed by atoms with Crippen LogP contribution in [0.5, 0.6) is 0 Å². The number of thioether (sulfide) groups is 1. The second-order valence-electron chi connectivity index (χ2n) is 2.43. The lowest BCUT2D eigenvalue weighted by Crippen LogP contribution is -2.47. The quantitative estimate of drug-likeness (QED) is 0.499. The van der Waals surface area contributed by atoms with Crippen LogP contribution in [0.1, 0.15) is 0 Å². The van der Waals surface area contributed by atoms with E-state index in [4.69, 9.17) is 0 Å². The lowest BCUT2D eigenvalue weighted by molar-refractivity contribution is 0.206. The van der Waals surface area contributed by atoms with E-state index in [2.05, 4.69) is 10.6 Å². The highest BCUT2D eigenvalue weighted by molar-refractivity contribution is 8.00. The van der Waals surface area contributed by atoms with Crippen molar-refractivity contribution in [3.63, 3.8) is 0 Å². The molecule has 1 aliphatic heterocycles. The number of hydrogen-bond donors (Lipinski definition) is 3. The van der Waals surface area contributed by atoms with Crippen LogP contribution in [0.3, 0.4) is 0 Å². The fraction of sp³-hybridized carbons (Fsp3) is 1.00. The molecule has 0 bridgehead atoms. The molecule has 0 radical (unpaired) electrons. The van der Waals surface area contributed by atoms with Crippen molar-refractivity contribution in [2.45, 2.75) is 17.5 Å². The van der Waals surface area contributed by atoms with E-state index in [1.807, 2.05) is 14.1 Å². The lowest BCUT2D eigenvalue weighted by atomic mass is 10.1. The molecule has 1 fully saturated rings. The van der Waals surface area contributed by atoms with Gasteiger partial charge >= 0.3 is 0 Å². The van der Waals surface area contributed by atoms with Crippen molar-refractivity contribution in [3.8, 4) is 0 Å². The average Bonchev–Trinajstić information content (AvgIpc) is 2.30. The van der Waals surface area contributed by atoms with Gasteiger partial charge in [-0.3, -0.25) is 0 Å². The highest BCUT2D eigenvalue weighted by Crippen LogP contribution is 2.24.